The van der Waals surface area contributed by atoms with Gasteiger partial charge in [0.2, 0.25) is 5.88 Å². The van der Waals surface area contributed by atoms with E-state index in [-0.39, 0.29) is 12.2 Å². The number of aliphatic carboxylic acids is 1. The van der Waals surface area contributed by atoms with Gasteiger partial charge in [-0.15, -0.1) is 0 Å². The van der Waals surface area contributed by atoms with Crippen LogP contribution in [0.15, 0.2) is 53.8 Å². The third-order valence-electron chi connectivity index (χ3n) is 7.01. The number of hydrogen-bond acceptors (Lipinski definition) is 6. The molecule has 2 saturated carbocycles. The number of aryl methyl sites for hydroxylation is 1. The smallest absolute Gasteiger partial charge is 0.328 e. The molecule has 1 spiro atoms. The summed E-state index contributed by atoms with van der Waals surface area (Å²) in [6, 6.07) is 10.3. The summed E-state index contributed by atoms with van der Waals surface area (Å²) in [5.74, 6) is 0.346. The first-order valence-corrected chi connectivity index (χ1v) is 11.8. The van der Waals surface area contributed by atoms with Gasteiger partial charge in [0.05, 0.1) is 10.8 Å². The summed E-state index contributed by atoms with van der Waals surface area (Å²) in [5.41, 5.74) is 1.99. The predicted octanol–water partition coefficient (Wildman–Crippen LogP) is 5.09. The highest BCUT2D eigenvalue weighted by atomic mass is 16.5. The zero-order chi connectivity index (χ0) is 23.7. The molecular weight excluding hydrogens is 430 g/mol. The van der Waals surface area contributed by atoms with E-state index in [0.29, 0.717) is 18.1 Å². The highest BCUT2D eigenvalue weighted by Crippen LogP contribution is 2.47. The quantitative estimate of drug-likeness (QED) is 0.553. The van der Waals surface area contributed by atoms with E-state index >= 15 is 0 Å². The molecule has 34 heavy (non-hydrogen) atoms. The van der Waals surface area contributed by atoms with E-state index in [1.54, 1.807) is 12.4 Å². The minimum Gasteiger partial charge on any atom is -0.480 e. The van der Waals surface area contributed by atoms with E-state index in [1.165, 1.54) is 0 Å². The average Bonchev–Trinajstić information content (AvgIpc) is 2.84. The zero-order valence-corrected chi connectivity index (χ0v) is 19.2. The Labute approximate surface area is 197 Å². The van der Waals surface area contributed by atoms with E-state index in [9.17, 15) is 14.7 Å². The van der Waals surface area contributed by atoms with Gasteiger partial charge in [0.25, 0.3) is 0 Å². The van der Waals surface area contributed by atoms with Crippen molar-refractivity contribution in [2.24, 2.45) is 10.4 Å². The Morgan fingerprint density at radius 1 is 1.18 bits per heavy atom. The Morgan fingerprint density at radius 3 is 2.65 bits per heavy atom. The van der Waals surface area contributed by atoms with Crippen LogP contribution in [0, 0.1) is 12.3 Å². The van der Waals surface area contributed by atoms with Gasteiger partial charge < -0.3 is 9.84 Å². The molecule has 1 N–H and O–H groups in total. The topological polar surface area (TPSA) is 102 Å². The first-order valence-electron chi connectivity index (χ1n) is 11.8. The molecule has 0 amide bonds. The van der Waals surface area contributed by atoms with Crippen molar-refractivity contribution < 1.29 is 19.4 Å². The lowest BCUT2D eigenvalue weighted by Gasteiger charge is -2.44. The maximum absolute atomic E-state index is 12.4. The van der Waals surface area contributed by atoms with Crippen LogP contribution >= 0.6 is 0 Å². The number of Topliss-reactive ketones (excluding diaryl/α,β-unsaturated/α-hetero) is 1. The Morgan fingerprint density at radius 2 is 1.94 bits per heavy atom. The number of carbonyl (C=O) groups is 2. The van der Waals surface area contributed by atoms with Gasteiger partial charge in [-0.3, -0.25) is 14.8 Å². The monoisotopic (exact) mass is 457 g/mol. The average molecular weight is 458 g/mol. The van der Waals surface area contributed by atoms with Crippen LogP contribution in [0.4, 0.5) is 0 Å². The van der Waals surface area contributed by atoms with Crippen molar-refractivity contribution in [3.8, 4) is 11.6 Å². The summed E-state index contributed by atoms with van der Waals surface area (Å²) in [5, 5.41) is 11.6. The number of carboxylic acid groups (broad SMARTS) is 1. The number of aromatic nitrogens is 2. The molecule has 5 rings (SSSR count). The van der Waals surface area contributed by atoms with Crippen LogP contribution in [0.2, 0.25) is 0 Å². The highest BCUT2D eigenvalue weighted by molar-refractivity contribution is 6.27. The van der Waals surface area contributed by atoms with Gasteiger partial charge in [-0.25, -0.2) is 9.78 Å². The van der Waals surface area contributed by atoms with Crippen molar-refractivity contribution in [2.45, 2.75) is 57.9 Å². The summed E-state index contributed by atoms with van der Waals surface area (Å²) in [6.07, 6.45) is 8.77. The lowest BCUT2D eigenvalue weighted by atomic mass is 9.58. The molecule has 0 unspecified atom stereocenters. The van der Waals surface area contributed by atoms with Crippen molar-refractivity contribution in [1.82, 2.24) is 9.97 Å². The first-order chi connectivity index (χ1) is 16.4. The van der Waals surface area contributed by atoms with Crippen LogP contribution in [0.25, 0.3) is 10.8 Å². The van der Waals surface area contributed by atoms with E-state index in [4.69, 9.17) is 4.74 Å². The summed E-state index contributed by atoms with van der Waals surface area (Å²) < 4.78 is 6.03. The summed E-state index contributed by atoms with van der Waals surface area (Å²) in [4.78, 5) is 37.6. The van der Waals surface area contributed by atoms with Gasteiger partial charge in [0.15, 0.2) is 6.04 Å². The second kappa shape index (κ2) is 8.97. The number of ether oxygens (including phenoxy) is 1. The number of pyridine rings is 2. The molecule has 3 aromatic rings. The fourth-order valence-electron chi connectivity index (χ4n) is 5.11. The van der Waals surface area contributed by atoms with Gasteiger partial charge in [0, 0.05) is 36.6 Å². The number of aliphatic imine (C=N–C) groups is 1. The SMILES string of the molecule is Cc1cc2ccncc2c(Oc2ccc(C[C@H](N=C3CC(=O)C34CCCCC4)C(=O)O)cc2)n1. The van der Waals surface area contributed by atoms with E-state index in [1.807, 2.05) is 43.3 Å². The summed E-state index contributed by atoms with van der Waals surface area (Å²) >= 11 is 0. The van der Waals surface area contributed by atoms with Crippen LogP contribution in [0.3, 0.4) is 0 Å². The van der Waals surface area contributed by atoms with Gasteiger partial charge in [-0.2, -0.15) is 0 Å². The van der Waals surface area contributed by atoms with Crippen LogP contribution < -0.4 is 4.74 Å². The lowest BCUT2D eigenvalue weighted by molar-refractivity contribution is -0.138. The Bertz CT molecular complexity index is 1280. The molecule has 0 bridgehead atoms. The first kappa shape index (κ1) is 22.2. The number of ketones is 1. The van der Waals surface area contributed by atoms with Gasteiger partial charge in [-0.05, 0) is 55.0 Å². The van der Waals surface area contributed by atoms with E-state index < -0.39 is 17.4 Å². The molecule has 0 saturated heterocycles. The maximum Gasteiger partial charge on any atom is 0.328 e. The van der Waals surface area contributed by atoms with E-state index in [2.05, 4.69) is 15.0 Å². The standard InChI is InChI=1S/C27H27N3O4/c1-17-13-19-9-12-28-16-21(19)25(29-17)34-20-7-5-18(6-8-20)14-22(26(32)33)30-23-15-24(31)27(23)10-3-2-4-11-27/h5-9,12-13,16,22H,2-4,10-11,14-15H2,1H3,(H,32,33)/t22-/m0/s1. The molecular formula is C27H27N3O4. The molecule has 2 aromatic heterocycles. The van der Waals surface area contributed by atoms with Crippen molar-refractivity contribution >= 4 is 28.2 Å². The van der Waals surface area contributed by atoms with Crippen molar-refractivity contribution in [3.63, 3.8) is 0 Å². The number of fused-ring (bicyclic) bond motifs is 1. The molecule has 2 heterocycles. The number of nitrogens with zero attached hydrogens (tertiary/aromatic N) is 3. The third kappa shape index (κ3) is 4.18. The highest BCUT2D eigenvalue weighted by Gasteiger charge is 2.52. The summed E-state index contributed by atoms with van der Waals surface area (Å²) in [6.45, 7) is 1.91. The van der Waals surface area contributed by atoms with Crippen LogP contribution in [0.1, 0.15) is 49.8 Å². The molecule has 2 aliphatic rings. The number of carbonyl (C=O) groups excluding carboxylic acids is 1. The minimum atomic E-state index is -0.971. The Balaban J connectivity index is 1.32. The third-order valence-corrected chi connectivity index (χ3v) is 7.01. The fourth-order valence-corrected chi connectivity index (χ4v) is 5.11. The molecule has 0 radical (unpaired) electrons. The fraction of sp³-hybridized carbons (Fsp3) is 0.370. The number of benzene rings is 1. The van der Waals surface area contributed by atoms with Crippen LogP contribution in [-0.2, 0) is 16.0 Å². The zero-order valence-electron chi connectivity index (χ0n) is 19.2. The number of hydrogen-bond donors (Lipinski definition) is 1. The van der Waals surface area contributed by atoms with E-state index in [0.717, 1.165) is 59.8 Å². The minimum absolute atomic E-state index is 0.226. The van der Waals surface area contributed by atoms with Crippen LogP contribution in [0.5, 0.6) is 11.6 Å². The van der Waals surface area contributed by atoms with Crippen molar-refractivity contribution in [2.75, 3.05) is 0 Å². The Kier molecular flexibility index (Phi) is 5.86. The largest absolute Gasteiger partial charge is 0.480 e. The van der Waals surface area contributed by atoms with Gasteiger partial charge >= 0.3 is 5.97 Å². The predicted molar refractivity (Wildman–Crippen MR) is 128 cm³/mol. The van der Waals surface area contributed by atoms with Gasteiger partial charge in [-0.1, -0.05) is 31.4 Å². The molecule has 1 aromatic carbocycles. The second-order valence-corrected chi connectivity index (χ2v) is 9.29. The summed E-state index contributed by atoms with van der Waals surface area (Å²) in [7, 11) is 0. The van der Waals surface area contributed by atoms with Crippen LogP contribution in [-0.4, -0.2) is 38.6 Å². The number of rotatable bonds is 6. The molecule has 1 atom stereocenters. The molecule has 7 heteroatoms. The second-order valence-electron chi connectivity index (χ2n) is 9.29. The number of carboxylic acids is 1. The molecule has 2 fully saturated rings. The van der Waals surface area contributed by atoms with Gasteiger partial charge in [0.1, 0.15) is 11.5 Å². The molecule has 2 aliphatic carbocycles. The lowest BCUT2D eigenvalue weighted by Crippen LogP contribution is -2.52. The molecule has 174 valence electrons. The molecule has 0 aliphatic heterocycles. The maximum atomic E-state index is 12.4. The Hall–Kier alpha value is -3.61. The molecule has 7 nitrogen and oxygen atoms in total. The van der Waals surface area contributed by atoms with Crippen molar-refractivity contribution in [1.29, 1.82) is 0 Å². The normalized spacial score (nSPS) is 19.2. The van der Waals surface area contributed by atoms with Crippen molar-refractivity contribution in [3.05, 3.63) is 60.0 Å².